The van der Waals surface area contributed by atoms with Crippen LogP contribution in [0.2, 0.25) is 0 Å². The lowest BCUT2D eigenvalue weighted by molar-refractivity contribution is -0.131. The second kappa shape index (κ2) is 6.88. The van der Waals surface area contributed by atoms with Crippen molar-refractivity contribution in [1.82, 2.24) is 4.90 Å². The number of hydrogen-bond acceptors (Lipinski definition) is 4. The molecule has 0 aliphatic carbocycles. The van der Waals surface area contributed by atoms with Gasteiger partial charge in [0.05, 0.1) is 17.7 Å². The largest absolute Gasteiger partial charge is 0.443 e. The number of carbonyl (C=O) groups is 2. The lowest BCUT2D eigenvalue weighted by atomic mass is 9.97. The molecule has 2 amide bonds. The van der Waals surface area contributed by atoms with E-state index in [4.69, 9.17) is 10.00 Å². The molecule has 1 aliphatic heterocycles. The van der Waals surface area contributed by atoms with Crippen LogP contribution in [0.15, 0.2) is 36.9 Å². The number of imide groups is 1. The summed E-state index contributed by atoms with van der Waals surface area (Å²) in [5, 5.41) is 8.92. The summed E-state index contributed by atoms with van der Waals surface area (Å²) in [6.07, 6.45) is 2.10. The van der Waals surface area contributed by atoms with Crippen molar-refractivity contribution >= 4 is 12.0 Å². The molecule has 2 rings (SSSR count). The van der Waals surface area contributed by atoms with E-state index >= 15 is 0 Å². The molecule has 126 valence electrons. The molecule has 5 nitrogen and oxygen atoms in total. The second-order valence-electron chi connectivity index (χ2n) is 6.90. The predicted molar refractivity (Wildman–Crippen MR) is 89.9 cm³/mol. The third kappa shape index (κ3) is 3.83. The molecule has 0 bridgehead atoms. The fraction of sp³-hybridized carbons (Fsp3) is 0.421. The number of hydrogen-bond donors (Lipinski definition) is 0. The van der Waals surface area contributed by atoms with Crippen molar-refractivity contribution in [3.63, 3.8) is 0 Å². The number of rotatable bonds is 3. The zero-order valence-electron chi connectivity index (χ0n) is 14.3. The standard InChI is InChI=1S/C19H22N2O3/c1-5-6-15-11-16(14-9-7-13(12-20)8-10-14)21(17(15)22)18(23)24-19(2,3)4/h5,7-10,15-16H,1,6,11H2,2-4H3/t15-,16+/m1/s1. The molecule has 2 atom stereocenters. The first-order valence-electron chi connectivity index (χ1n) is 7.94. The lowest BCUT2D eigenvalue weighted by Gasteiger charge is -2.27. The van der Waals surface area contributed by atoms with Crippen molar-refractivity contribution < 1.29 is 14.3 Å². The first-order valence-corrected chi connectivity index (χ1v) is 7.94. The van der Waals surface area contributed by atoms with Gasteiger partial charge < -0.3 is 4.74 Å². The average molecular weight is 326 g/mol. The number of carbonyl (C=O) groups excluding carboxylic acids is 2. The van der Waals surface area contributed by atoms with Gasteiger partial charge in [-0.15, -0.1) is 6.58 Å². The number of allylic oxidation sites excluding steroid dienone is 1. The minimum Gasteiger partial charge on any atom is -0.443 e. The lowest BCUT2D eigenvalue weighted by Crippen LogP contribution is -2.39. The van der Waals surface area contributed by atoms with E-state index in [0.29, 0.717) is 18.4 Å². The van der Waals surface area contributed by atoms with Gasteiger partial charge in [0.2, 0.25) is 5.91 Å². The minimum absolute atomic E-state index is 0.237. The molecule has 0 saturated carbocycles. The van der Waals surface area contributed by atoms with Crippen LogP contribution in [0.1, 0.15) is 50.8 Å². The number of nitriles is 1. The zero-order valence-corrected chi connectivity index (χ0v) is 14.3. The van der Waals surface area contributed by atoms with Gasteiger partial charge in [-0.1, -0.05) is 18.2 Å². The van der Waals surface area contributed by atoms with Gasteiger partial charge in [0.25, 0.3) is 0 Å². The SMILES string of the molecule is C=CC[C@@H]1C[C@@H](c2ccc(C#N)cc2)N(C(=O)OC(C)(C)C)C1=O. The first kappa shape index (κ1) is 17.7. The summed E-state index contributed by atoms with van der Waals surface area (Å²) in [6, 6.07) is 8.62. The molecule has 0 spiro atoms. The third-order valence-electron chi connectivity index (χ3n) is 3.87. The Kier molecular flexibility index (Phi) is 5.08. The van der Waals surface area contributed by atoms with Gasteiger partial charge in [0.1, 0.15) is 5.60 Å². The Hall–Kier alpha value is -2.61. The molecule has 1 saturated heterocycles. The average Bonchev–Trinajstić information content (AvgIpc) is 2.83. The third-order valence-corrected chi connectivity index (χ3v) is 3.87. The van der Waals surface area contributed by atoms with Gasteiger partial charge in [-0.05, 0) is 51.3 Å². The van der Waals surface area contributed by atoms with E-state index in [0.717, 1.165) is 5.56 Å². The van der Waals surface area contributed by atoms with Crippen molar-refractivity contribution in [2.45, 2.75) is 45.3 Å². The van der Waals surface area contributed by atoms with E-state index in [1.165, 1.54) is 4.90 Å². The van der Waals surface area contributed by atoms with Gasteiger partial charge in [-0.3, -0.25) is 4.79 Å². The van der Waals surface area contributed by atoms with E-state index in [-0.39, 0.29) is 17.9 Å². The maximum atomic E-state index is 12.7. The molecule has 0 radical (unpaired) electrons. The molecule has 1 aliphatic rings. The molecular formula is C19H22N2O3. The van der Waals surface area contributed by atoms with E-state index in [9.17, 15) is 9.59 Å². The van der Waals surface area contributed by atoms with Crippen molar-refractivity contribution in [3.05, 3.63) is 48.0 Å². The molecule has 0 N–H and O–H groups in total. The Morgan fingerprint density at radius 2 is 2.04 bits per heavy atom. The number of nitrogens with zero attached hydrogens (tertiary/aromatic N) is 2. The summed E-state index contributed by atoms with van der Waals surface area (Å²) in [6.45, 7) is 8.99. The van der Waals surface area contributed by atoms with Crippen molar-refractivity contribution in [3.8, 4) is 6.07 Å². The number of amides is 2. The topological polar surface area (TPSA) is 70.4 Å². The molecule has 1 aromatic rings. The van der Waals surface area contributed by atoms with Crippen LogP contribution in [0.25, 0.3) is 0 Å². The number of ether oxygens (including phenoxy) is 1. The summed E-state index contributed by atoms with van der Waals surface area (Å²) in [5.74, 6) is -0.519. The number of likely N-dealkylation sites (tertiary alicyclic amines) is 1. The highest BCUT2D eigenvalue weighted by molar-refractivity contribution is 5.96. The summed E-state index contributed by atoms with van der Waals surface area (Å²) in [4.78, 5) is 26.4. The summed E-state index contributed by atoms with van der Waals surface area (Å²) in [7, 11) is 0. The van der Waals surface area contributed by atoms with E-state index in [2.05, 4.69) is 12.6 Å². The number of benzene rings is 1. The van der Waals surface area contributed by atoms with Crippen LogP contribution in [-0.4, -0.2) is 22.5 Å². The van der Waals surface area contributed by atoms with Gasteiger partial charge in [0, 0.05) is 5.92 Å². The molecule has 0 unspecified atom stereocenters. The Bertz CT molecular complexity index is 680. The molecule has 1 aromatic carbocycles. The first-order chi connectivity index (χ1) is 11.3. The van der Waals surface area contributed by atoms with E-state index in [1.807, 2.05) is 0 Å². The Balaban J connectivity index is 2.34. The zero-order chi connectivity index (χ0) is 17.9. The van der Waals surface area contributed by atoms with Crippen molar-refractivity contribution in [2.24, 2.45) is 5.92 Å². The molecule has 0 aromatic heterocycles. The van der Waals surface area contributed by atoms with Crippen LogP contribution in [0.4, 0.5) is 4.79 Å². The van der Waals surface area contributed by atoms with Gasteiger partial charge >= 0.3 is 6.09 Å². The van der Waals surface area contributed by atoms with Crippen LogP contribution in [0.3, 0.4) is 0 Å². The Morgan fingerprint density at radius 1 is 1.42 bits per heavy atom. The summed E-state index contributed by atoms with van der Waals surface area (Å²) < 4.78 is 5.40. The smallest absolute Gasteiger partial charge is 0.417 e. The molecule has 24 heavy (non-hydrogen) atoms. The van der Waals surface area contributed by atoms with Crippen LogP contribution < -0.4 is 0 Å². The van der Waals surface area contributed by atoms with Crippen molar-refractivity contribution in [2.75, 3.05) is 0 Å². The van der Waals surface area contributed by atoms with Crippen LogP contribution in [0, 0.1) is 17.2 Å². The van der Waals surface area contributed by atoms with Gasteiger partial charge in [-0.2, -0.15) is 5.26 Å². The normalized spacial score (nSPS) is 20.6. The molecule has 5 heteroatoms. The molecule has 1 heterocycles. The second-order valence-corrected chi connectivity index (χ2v) is 6.90. The summed E-state index contributed by atoms with van der Waals surface area (Å²) in [5.41, 5.74) is 0.678. The van der Waals surface area contributed by atoms with Crippen LogP contribution in [0.5, 0.6) is 0 Å². The Morgan fingerprint density at radius 3 is 2.54 bits per heavy atom. The molecular weight excluding hydrogens is 304 g/mol. The van der Waals surface area contributed by atoms with E-state index < -0.39 is 11.7 Å². The predicted octanol–water partition coefficient (Wildman–Crippen LogP) is 3.96. The van der Waals surface area contributed by atoms with Crippen LogP contribution >= 0.6 is 0 Å². The minimum atomic E-state index is -0.677. The van der Waals surface area contributed by atoms with Gasteiger partial charge in [0.15, 0.2) is 0 Å². The highest BCUT2D eigenvalue weighted by Crippen LogP contribution is 2.39. The van der Waals surface area contributed by atoms with Crippen LogP contribution in [-0.2, 0) is 9.53 Å². The molecule has 1 fully saturated rings. The maximum absolute atomic E-state index is 12.7. The quantitative estimate of drug-likeness (QED) is 0.788. The van der Waals surface area contributed by atoms with Crippen molar-refractivity contribution in [1.29, 1.82) is 5.26 Å². The summed E-state index contributed by atoms with van der Waals surface area (Å²) >= 11 is 0. The monoisotopic (exact) mass is 326 g/mol. The van der Waals surface area contributed by atoms with E-state index in [1.54, 1.807) is 51.1 Å². The fourth-order valence-corrected chi connectivity index (χ4v) is 2.82. The Labute approximate surface area is 142 Å². The maximum Gasteiger partial charge on any atom is 0.417 e. The highest BCUT2D eigenvalue weighted by Gasteiger charge is 2.44. The van der Waals surface area contributed by atoms with Gasteiger partial charge in [-0.25, -0.2) is 9.69 Å². The highest BCUT2D eigenvalue weighted by atomic mass is 16.6. The fourth-order valence-electron chi connectivity index (χ4n) is 2.82.